The summed E-state index contributed by atoms with van der Waals surface area (Å²) in [7, 11) is 0. The maximum Gasteiger partial charge on any atom is 0.259 e. The standard InChI is InChI=1S/C33H41N5O3/c39-32(36-22-26-8-6-9-27(20-26)25-37-16-18-41-19-17-37)28-11-12-31-30(21-28)24-34-13-4-2-1-3-5-15-38(31)33(40)29-10-7-14-35-23-29/h6-12,14,20-21,23,34H,1-5,13,15-19,22,24-25H2,(H,36,39). The van der Waals surface area contributed by atoms with Crippen LogP contribution in [0, 0.1) is 0 Å². The minimum atomic E-state index is -0.123. The second-order valence-electron chi connectivity index (χ2n) is 10.9. The Kier molecular flexibility index (Phi) is 10.5. The number of aromatic nitrogens is 1. The first-order valence-corrected chi connectivity index (χ1v) is 14.9. The molecule has 41 heavy (non-hydrogen) atoms. The zero-order valence-electron chi connectivity index (χ0n) is 23.8. The average molecular weight is 556 g/mol. The number of nitrogens with zero attached hydrogens (tertiary/aromatic N) is 3. The van der Waals surface area contributed by atoms with E-state index < -0.39 is 0 Å². The van der Waals surface area contributed by atoms with Crippen molar-refractivity contribution in [3.63, 3.8) is 0 Å². The summed E-state index contributed by atoms with van der Waals surface area (Å²) in [5.41, 5.74) is 5.27. The maximum absolute atomic E-state index is 13.6. The van der Waals surface area contributed by atoms with Crippen molar-refractivity contribution in [2.24, 2.45) is 0 Å². The second-order valence-corrected chi connectivity index (χ2v) is 10.9. The summed E-state index contributed by atoms with van der Waals surface area (Å²) >= 11 is 0. The van der Waals surface area contributed by atoms with E-state index in [1.807, 2.05) is 29.2 Å². The number of ether oxygens (including phenoxy) is 1. The van der Waals surface area contributed by atoms with Crippen molar-refractivity contribution in [2.45, 2.75) is 51.7 Å². The molecule has 0 saturated carbocycles. The van der Waals surface area contributed by atoms with Crippen molar-refractivity contribution in [2.75, 3.05) is 44.3 Å². The van der Waals surface area contributed by atoms with Crippen LogP contribution in [0.5, 0.6) is 0 Å². The third-order valence-corrected chi connectivity index (χ3v) is 7.79. The molecule has 2 aromatic carbocycles. The topological polar surface area (TPSA) is 86.8 Å². The van der Waals surface area contributed by atoms with Gasteiger partial charge >= 0.3 is 0 Å². The zero-order valence-corrected chi connectivity index (χ0v) is 23.8. The summed E-state index contributed by atoms with van der Waals surface area (Å²) in [6, 6.07) is 17.7. The van der Waals surface area contributed by atoms with Crippen molar-refractivity contribution >= 4 is 17.5 Å². The van der Waals surface area contributed by atoms with Gasteiger partial charge in [-0.05, 0) is 66.4 Å². The van der Waals surface area contributed by atoms with Gasteiger partial charge in [-0.1, -0.05) is 43.5 Å². The Labute approximate surface area is 243 Å². The van der Waals surface area contributed by atoms with Crippen LogP contribution >= 0.6 is 0 Å². The number of nitrogens with one attached hydrogen (secondary N) is 2. The number of fused-ring (bicyclic) bond motifs is 1. The third kappa shape index (κ3) is 8.22. The summed E-state index contributed by atoms with van der Waals surface area (Å²) in [6.45, 7) is 6.92. The highest BCUT2D eigenvalue weighted by Gasteiger charge is 2.22. The van der Waals surface area contributed by atoms with Gasteiger partial charge in [0.05, 0.1) is 18.8 Å². The molecule has 2 amide bonds. The predicted molar refractivity (Wildman–Crippen MR) is 161 cm³/mol. The van der Waals surface area contributed by atoms with E-state index in [-0.39, 0.29) is 11.8 Å². The molecule has 0 radical (unpaired) electrons. The molecule has 2 N–H and O–H groups in total. The Hall–Kier alpha value is -3.59. The van der Waals surface area contributed by atoms with Gasteiger partial charge in [-0.25, -0.2) is 0 Å². The summed E-state index contributed by atoms with van der Waals surface area (Å²) in [6.07, 6.45) is 8.78. The Morgan fingerprint density at radius 2 is 1.71 bits per heavy atom. The number of pyridine rings is 1. The van der Waals surface area contributed by atoms with Crippen LogP contribution in [0.15, 0.2) is 67.0 Å². The number of morpholine rings is 1. The van der Waals surface area contributed by atoms with Crippen LogP contribution in [-0.2, 0) is 24.4 Å². The van der Waals surface area contributed by atoms with Gasteiger partial charge in [-0.15, -0.1) is 0 Å². The first kappa shape index (κ1) is 28.9. The third-order valence-electron chi connectivity index (χ3n) is 7.79. The molecule has 216 valence electrons. The molecule has 0 spiro atoms. The van der Waals surface area contributed by atoms with Gasteiger partial charge in [0, 0.05) is 62.9 Å². The van der Waals surface area contributed by atoms with Crippen LogP contribution in [0.3, 0.4) is 0 Å². The lowest BCUT2D eigenvalue weighted by Gasteiger charge is -2.27. The first-order valence-electron chi connectivity index (χ1n) is 14.9. The minimum Gasteiger partial charge on any atom is -0.379 e. The Bertz CT molecular complexity index is 1290. The van der Waals surface area contributed by atoms with Gasteiger partial charge in [-0.2, -0.15) is 0 Å². The van der Waals surface area contributed by atoms with Crippen LogP contribution in [-0.4, -0.2) is 61.1 Å². The highest BCUT2D eigenvalue weighted by atomic mass is 16.5. The molecule has 2 aliphatic heterocycles. The molecule has 3 aromatic rings. The summed E-state index contributed by atoms with van der Waals surface area (Å²) in [5, 5.41) is 6.63. The van der Waals surface area contributed by atoms with Crippen molar-refractivity contribution in [1.29, 1.82) is 0 Å². The Morgan fingerprint density at radius 3 is 2.56 bits per heavy atom. The van der Waals surface area contributed by atoms with Crippen LogP contribution in [0.2, 0.25) is 0 Å². The molecule has 3 heterocycles. The molecule has 1 saturated heterocycles. The van der Waals surface area contributed by atoms with Crippen molar-refractivity contribution in [3.8, 4) is 0 Å². The lowest BCUT2D eigenvalue weighted by atomic mass is 10.0. The largest absolute Gasteiger partial charge is 0.379 e. The summed E-state index contributed by atoms with van der Waals surface area (Å²) < 4.78 is 5.46. The van der Waals surface area contributed by atoms with Crippen LogP contribution in [0.1, 0.15) is 69.5 Å². The Morgan fingerprint density at radius 1 is 0.878 bits per heavy atom. The molecule has 1 fully saturated rings. The van der Waals surface area contributed by atoms with E-state index in [1.165, 1.54) is 18.4 Å². The fourth-order valence-electron chi connectivity index (χ4n) is 5.52. The molecule has 0 bridgehead atoms. The highest BCUT2D eigenvalue weighted by molar-refractivity contribution is 6.06. The molecular formula is C33H41N5O3. The lowest BCUT2D eigenvalue weighted by Crippen LogP contribution is -2.35. The fourth-order valence-corrected chi connectivity index (χ4v) is 5.52. The number of carbonyl (C=O) groups is 2. The molecular weight excluding hydrogens is 514 g/mol. The van der Waals surface area contributed by atoms with E-state index in [9.17, 15) is 9.59 Å². The van der Waals surface area contributed by atoms with E-state index in [4.69, 9.17) is 4.74 Å². The maximum atomic E-state index is 13.6. The second kappa shape index (κ2) is 14.9. The number of carbonyl (C=O) groups excluding carboxylic acids is 2. The SMILES string of the molecule is O=C(NCc1cccc(CN2CCOCC2)c1)c1ccc2c(c1)CNCCCCCCCN2C(=O)c1cccnc1. The molecule has 8 heteroatoms. The smallest absolute Gasteiger partial charge is 0.259 e. The van der Waals surface area contributed by atoms with Gasteiger partial charge in [0.2, 0.25) is 0 Å². The number of amides is 2. The van der Waals surface area contributed by atoms with Crippen LogP contribution in [0.4, 0.5) is 5.69 Å². The Balaban J connectivity index is 1.31. The molecule has 5 rings (SSSR count). The molecule has 2 aliphatic rings. The fraction of sp³-hybridized carbons (Fsp3) is 0.424. The molecule has 1 aromatic heterocycles. The van der Waals surface area contributed by atoms with Crippen LogP contribution < -0.4 is 15.5 Å². The van der Waals surface area contributed by atoms with Gasteiger partial charge < -0.3 is 20.3 Å². The van der Waals surface area contributed by atoms with E-state index in [0.717, 1.165) is 75.5 Å². The number of hydrogen-bond donors (Lipinski definition) is 2. The number of hydrogen-bond acceptors (Lipinski definition) is 6. The van der Waals surface area contributed by atoms with Crippen molar-refractivity contribution < 1.29 is 14.3 Å². The normalized spacial score (nSPS) is 17.1. The molecule has 0 atom stereocenters. The average Bonchev–Trinajstić information content (AvgIpc) is 3.01. The summed E-state index contributed by atoms with van der Waals surface area (Å²) in [4.78, 5) is 35.3. The molecule has 0 aliphatic carbocycles. The van der Waals surface area contributed by atoms with Gasteiger partial charge in [0.25, 0.3) is 11.8 Å². The van der Waals surface area contributed by atoms with E-state index in [2.05, 4.69) is 38.7 Å². The minimum absolute atomic E-state index is 0.0643. The van der Waals surface area contributed by atoms with Crippen LogP contribution in [0.25, 0.3) is 0 Å². The van der Waals surface area contributed by atoms with Gasteiger partial charge in [-0.3, -0.25) is 19.5 Å². The number of anilines is 1. The van der Waals surface area contributed by atoms with E-state index in [1.54, 1.807) is 24.5 Å². The predicted octanol–water partition coefficient (Wildman–Crippen LogP) is 4.54. The highest BCUT2D eigenvalue weighted by Crippen LogP contribution is 2.26. The van der Waals surface area contributed by atoms with Crippen molar-refractivity contribution in [1.82, 2.24) is 20.5 Å². The van der Waals surface area contributed by atoms with Crippen molar-refractivity contribution in [3.05, 3.63) is 94.8 Å². The van der Waals surface area contributed by atoms with E-state index >= 15 is 0 Å². The van der Waals surface area contributed by atoms with Gasteiger partial charge in [0.1, 0.15) is 0 Å². The quantitative estimate of drug-likeness (QED) is 0.464. The molecule has 0 unspecified atom stereocenters. The number of benzene rings is 2. The van der Waals surface area contributed by atoms with E-state index in [0.29, 0.717) is 30.8 Å². The lowest BCUT2D eigenvalue weighted by molar-refractivity contribution is 0.0342. The van der Waals surface area contributed by atoms with Gasteiger partial charge in [0.15, 0.2) is 0 Å². The molecule has 8 nitrogen and oxygen atoms in total. The number of rotatable bonds is 6. The first-order chi connectivity index (χ1) is 20.2. The zero-order chi connectivity index (χ0) is 28.3. The monoisotopic (exact) mass is 555 g/mol. The summed E-state index contributed by atoms with van der Waals surface area (Å²) in [5.74, 6) is -0.187.